The molecule has 6 heteroatoms. The third kappa shape index (κ3) is 6.45. The summed E-state index contributed by atoms with van der Waals surface area (Å²) in [4.78, 5) is 15.4. The number of rotatable bonds is 7. The zero-order chi connectivity index (χ0) is 45.4. The highest BCUT2D eigenvalue weighted by Gasteiger charge is 2.21. The standard InChI is InChI=1S/C63H38N4O2/c1-4-14-39(15-5-1)41-26-28-43(29-27-41)62-64-61(42-18-8-3-9-19-42)65-63(66-62)49-22-13-25-58-60(49)51-37-45(31-34-55(51)68-58)47-21-12-24-57-59(47)52-38-46(32-35-56(52)69-57)67-53-23-11-10-20-48(53)50-36-44(30-33-54(50)67)40-16-6-2-7-17-40/h1-38H. The number of aromatic nitrogens is 4. The minimum atomic E-state index is 0.571. The maximum Gasteiger partial charge on any atom is 0.164 e. The third-order valence-electron chi connectivity index (χ3n) is 13.5. The van der Waals surface area contributed by atoms with Crippen molar-refractivity contribution < 1.29 is 8.83 Å². The molecule has 14 aromatic rings. The molecule has 0 aliphatic heterocycles. The van der Waals surface area contributed by atoms with Crippen LogP contribution in [0.2, 0.25) is 0 Å². The second kappa shape index (κ2) is 15.6. The Labute approximate surface area is 396 Å². The number of hydrogen-bond acceptors (Lipinski definition) is 5. The van der Waals surface area contributed by atoms with Crippen LogP contribution >= 0.6 is 0 Å². The van der Waals surface area contributed by atoms with Crippen molar-refractivity contribution in [3.05, 3.63) is 231 Å². The van der Waals surface area contributed by atoms with Gasteiger partial charge >= 0.3 is 0 Å². The lowest BCUT2D eigenvalue weighted by atomic mass is 9.97. The molecule has 6 nitrogen and oxygen atoms in total. The molecule has 0 saturated carbocycles. The Kier molecular flexibility index (Phi) is 8.79. The normalized spacial score (nSPS) is 11.8. The Morgan fingerprint density at radius 1 is 0.275 bits per heavy atom. The summed E-state index contributed by atoms with van der Waals surface area (Å²) < 4.78 is 15.6. The van der Waals surface area contributed by atoms with Crippen molar-refractivity contribution in [2.24, 2.45) is 0 Å². The molecule has 0 saturated heterocycles. The van der Waals surface area contributed by atoms with Crippen LogP contribution in [0.1, 0.15) is 0 Å². The fraction of sp³-hybridized carbons (Fsp3) is 0. The van der Waals surface area contributed by atoms with Gasteiger partial charge in [-0.05, 0) is 94.0 Å². The monoisotopic (exact) mass is 882 g/mol. The second-order valence-electron chi connectivity index (χ2n) is 17.5. The summed E-state index contributed by atoms with van der Waals surface area (Å²) in [5, 5.41) is 6.45. The molecule has 0 radical (unpaired) electrons. The molecule has 0 unspecified atom stereocenters. The van der Waals surface area contributed by atoms with E-state index in [1.165, 1.54) is 21.9 Å². The molecule has 0 fully saturated rings. The zero-order valence-corrected chi connectivity index (χ0v) is 37.0. The number of hydrogen-bond donors (Lipinski definition) is 0. The van der Waals surface area contributed by atoms with Crippen LogP contribution in [-0.2, 0) is 0 Å². The van der Waals surface area contributed by atoms with Crippen molar-refractivity contribution in [1.82, 2.24) is 19.5 Å². The Morgan fingerprint density at radius 3 is 1.46 bits per heavy atom. The van der Waals surface area contributed by atoms with Crippen LogP contribution in [0.3, 0.4) is 0 Å². The lowest BCUT2D eigenvalue weighted by Crippen LogP contribution is -2.00. The van der Waals surface area contributed by atoms with Gasteiger partial charge in [-0.1, -0.05) is 170 Å². The van der Waals surface area contributed by atoms with E-state index in [0.717, 1.165) is 99.5 Å². The largest absolute Gasteiger partial charge is 0.456 e. The molecule has 0 aliphatic carbocycles. The fourth-order valence-electron chi connectivity index (χ4n) is 10.2. The quantitative estimate of drug-likeness (QED) is 0.159. The van der Waals surface area contributed by atoms with Gasteiger partial charge in [0.2, 0.25) is 0 Å². The summed E-state index contributed by atoms with van der Waals surface area (Å²) in [7, 11) is 0. The number of benzene rings is 10. The Bertz CT molecular complexity index is 4290. The van der Waals surface area contributed by atoms with Gasteiger partial charge in [-0.25, -0.2) is 15.0 Å². The van der Waals surface area contributed by atoms with E-state index in [9.17, 15) is 0 Å². The molecule has 4 aromatic heterocycles. The van der Waals surface area contributed by atoms with Crippen molar-refractivity contribution in [3.63, 3.8) is 0 Å². The molecule has 0 bridgehead atoms. The Balaban J connectivity index is 0.916. The first-order valence-electron chi connectivity index (χ1n) is 23.2. The van der Waals surface area contributed by atoms with Crippen LogP contribution < -0.4 is 0 Å². The van der Waals surface area contributed by atoms with Crippen LogP contribution in [0.4, 0.5) is 0 Å². The van der Waals surface area contributed by atoms with Gasteiger partial charge in [-0.2, -0.15) is 0 Å². The van der Waals surface area contributed by atoms with E-state index in [-0.39, 0.29) is 0 Å². The van der Waals surface area contributed by atoms with Gasteiger partial charge in [0.25, 0.3) is 0 Å². The van der Waals surface area contributed by atoms with E-state index in [4.69, 9.17) is 23.8 Å². The minimum absolute atomic E-state index is 0.571. The van der Waals surface area contributed by atoms with E-state index in [1.807, 2.05) is 48.5 Å². The maximum absolute atomic E-state index is 6.62. The fourth-order valence-corrected chi connectivity index (χ4v) is 10.2. The molecule has 0 aliphatic rings. The molecule has 0 amide bonds. The van der Waals surface area contributed by atoms with Crippen LogP contribution in [0.15, 0.2) is 239 Å². The van der Waals surface area contributed by atoms with Crippen molar-refractivity contribution in [1.29, 1.82) is 0 Å². The summed E-state index contributed by atoms with van der Waals surface area (Å²) in [6.45, 7) is 0. The van der Waals surface area contributed by atoms with Crippen molar-refractivity contribution in [2.45, 2.75) is 0 Å². The lowest BCUT2D eigenvalue weighted by molar-refractivity contribution is 0.669. The van der Waals surface area contributed by atoms with Crippen LogP contribution in [0.5, 0.6) is 0 Å². The van der Waals surface area contributed by atoms with E-state index < -0.39 is 0 Å². The minimum Gasteiger partial charge on any atom is -0.456 e. The van der Waals surface area contributed by atoms with E-state index in [1.54, 1.807) is 0 Å². The molecule has 322 valence electrons. The topological polar surface area (TPSA) is 69.9 Å². The average molecular weight is 883 g/mol. The third-order valence-corrected chi connectivity index (χ3v) is 13.5. The van der Waals surface area contributed by atoms with Gasteiger partial charge in [-0.3, -0.25) is 0 Å². The molecule has 0 N–H and O–H groups in total. The molecule has 0 spiro atoms. The van der Waals surface area contributed by atoms with Gasteiger partial charge < -0.3 is 13.4 Å². The molecule has 4 heterocycles. The number of furan rings is 2. The Morgan fingerprint density at radius 2 is 0.754 bits per heavy atom. The number of nitrogens with zero attached hydrogens (tertiary/aromatic N) is 4. The van der Waals surface area contributed by atoms with Gasteiger partial charge in [0.15, 0.2) is 17.5 Å². The number of fused-ring (bicyclic) bond motifs is 9. The first-order valence-corrected chi connectivity index (χ1v) is 23.2. The van der Waals surface area contributed by atoms with Gasteiger partial charge in [0, 0.05) is 54.7 Å². The maximum atomic E-state index is 6.62. The molecule has 0 atom stereocenters. The first-order chi connectivity index (χ1) is 34.2. The number of para-hydroxylation sites is 1. The van der Waals surface area contributed by atoms with Crippen LogP contribution in [0, 0.1) is 0 Å². The van der Waals surface area contributed by atoms with Crippen LogP contribution in [0.25, 0.3) is 139 Å². The van der Waals surface area contributed by atoms with E-state index >= 15 is 0 Å². The predicted molar refractivity (Wildman–Crippen MR) is 281 cm³/mol. The van der Waals surface area contributed by atoms with Crippen molar-refractivity contribution >= 4 is 65.7 Å². The van der Waals surface area contributed by atoms with Crippen LogP contribution in [-0.4, -0.2) is 19.5 Å². The van der Waals surface area contributed by atoms with E-state index in [2.05, 4.69) is 187 Å². The van der Waals surface area contributed by atoms with E-state index in [0.29, 0.717) is 17.5 Å². The molecule has 69 heavy (non-hydrogen) atoms. The summed E-state index contributed by atoms with van der Waals surface area (Å²) in [5.74, 6) is 1.77. The molecule has 10 aromatic carbocycles. The summed E-state index contributed by atoms with van der Waals surface area (Å²) in [6.07, 6.45) is 0. The second-order valence-corrected chi connectivity index (χ2v) is 17.5. The van der Waals surface area contributed by atoms with Crippen molar-refractivity contribution in [3.8, 4) is 73.2 Å². The first kappa shape index (κ1) is 38.8. The summed E-state index contributed by atoms with van der Waals surface area (Å²) >= 11 is 0. The average Bonchev–Trinajstić information content (AvgIpc) is 4.10. The highest BCUT2D eigenvalue weighted by Crippen LogP contribution is 2.43. The Hall–Kier alpha value is -9.39. The zero-order valence-electron chi connectivity index (χ0n) is 37.0. The van der Waals surface area contributed by atoms with Gasteiger partial charge in [-0.15, -0.1) is 0 Å². The highest BCUT2D eigenvalue weighted by molar-refractivity contribution is 6.17. The SMILES string of the molecule is c1ccc(-c2ccc(-c3nc(-c4ccccc4)nc(-c4cccc5oc6ccc(-c7cccc8oc9ccc(-n%10c%11ccccc%11c%11cc(-c%12ccccc%12)ccc%11%10)cc9c78)cc6c45)n3)cc2)cc1. The highest BCUT2D eigenvalue weighted by atomic mass is 16.3. The molecular weight excluding hydrogens is 845 g/mol. The summed E-state index contributed by atoms with van der Waals surface area (Å²) in [6, 6.07) is 80.4. The molecule has 14 rings (SSSR count). The van der Waals surface area contributed by atoms with Crippen molar-refractivity contribution in [2.75, 3.05) is 0 Å². The van der Waals surface area contributed by atoms with Gasteiger partial charge in [0.05, 0.1) is 11.0 Å². The smallest absolute Gasteiger partial charge is 0.164 e. The summed E-state index contributed by atoms with van der Waals surface area (Å²) in [5.41, 5.74) is 16.0. The lowest BCUT2D eigenvalue weighted by Gasteiger charge is -2.10. The molecular formula is C63H38N4O2. The predicted octanol–water partition coefficient (Wildman–Crippen LogP) is 16.8. The van der Waals surface area contributed by atoms with Gasteiger partial charge in [0.1, 0.15) is 22.3 Å².